The third-order valence-electron chi connectivity index (χ3n) is 2.74. The molecule has 88 valence electrons. The lowest BCUT2D eigenvalue weighted by Gasteiger charge is -2.18. The van der Waals surface area contributed by atoms with E-state index in [-0.39, 0.29) is 5.95 Å². The lowest BCUT2D eigenvalue weighted by molar-refractivity contribution is 0.658. The number of anilines is 3. The molecule has 1 atom stereocenters. The van der Waals surface area contributed by atoms with Crippen LogP contribution in [0.2, 0.25) is 0 Å². The first kappa shape index (κ1) is 10.9. The average Bonchev–Trinajstić information content (AvgIpc) is 2.64. The van der Waals surface area contributed by atoms with Gasteiger partial charge < -0.3 is 15.5 Å². The zero-order chi connectivity index (χ0) is 11.7. The smallest absolute Gasteiger partial charge is 0.231 e. The van der Waals surface area contributed by atoms with Crippen molar-refractivity contribution < 1.29 is 0 Å². The van der Waals surface area contributed by atoms with Crippen molar-refractivity contribution in [3.63, 3.8) is 0 Å². The summed E-state index contributed by atoms with van der Waals surface area (Å²) in [4.78, 5) is 16.7. The van der Waals surface area contributed by atoms with Gasteiger partial charge in [-0.3, -0.25) is 0 Å². The van der Waals surface area contributed by atoms with Gasteiger partial charge in [-0.25, -0.2) is 0 Å². The van der Waals surface area contributed by atoms with Crippen LogP contribution in [-0.2, 0) is 0 Å². The first-order valence-electron chi connectivity index (χ1n) is 5.50. The molecule has 2 heterocycles. The van der Waals surface area contributed by atoms with E-state index >= 15 is 0 Å². The minimum atomic E-state index is 0.285. The molecule has 1 saturated heterocycles. The molecule has 1 aliphatic heterocycles. The number of hydrogen-bond donors (Lipinski definition) is 1. The van der Waals surface area contributed by atoms with E-state index in [1.54, 1.807) is 0 Å². The topological polar surface area (TPSA) is 71.2 Å². The largest absolute Gasteiger partial charge is 0.368 e. The molecule has 2 rings (SSSR count). The molecular formula is C10H18N6. The highest BCUT2D eigenvalue weighted by Crippen LogP contribution is 2.21. The van der Waals surface area contributed by atoms with E-state index in [1.807, 2.05) is 19.0 Å². The van der Waals surface area contributed by atoms with Gasteiger partial charge in [0.2, 0.25) is 17.8 Å². The maximum Gasteiger partial charge on any atom is 0.231 e. The van der Waals surface area contributed by atoms with Crippen molar-refractivity contribution >= 4 is 17.8 Å². The Balaban J connectivity index is 2.27. The Morgan fingerprint density at radius 3 is 2.62 bits per heavy atom. The highest BCUT2D eigenvalue weighted by molar-refractivity contribution is 5.43. The van der Waals surface area contributed by atoms with Crippen molar-refractivity contribution in [1.29, 1.82) is 0 Å². The van der Waals surface area contributed by atoms with Gasteiger partial charge in [0.1, 0.15) is 0 Å². The summed E-state index contributed by atoms with van der Waals surface area (Å²) in [7, 11) is 3.79. The molecule has 0 saturated carbocycles. The van der Waals surface area contributed by atoms with Gasteiger partial charge in [-0.2, -0.15) is 15.0 Å². The summed E-state index contributed by atoms with van der Waals surface area (Å²) < 4.78 is 0. The Kier molecular flexibility index (Phi) is 2.80. The average molecular weight is 222 g/mol. The van der Waals surface area contributed by atoms with Gasteiger partial charge in [0, 0.05) is 27.2 Å². The van der Waals surface area contributed by atoms with Crippen LogP contribution in [0.5, 0.6) is 0 Å². The maximum absolute atomic E-state index is 5.68. The van der Waals surface area contributed by atoms with Gasteiger partial charge in [0.05, 0.1) is 0 Å². The first-order chi connectivity index (χ1) is 7.56. The van der Waals surface area contributed by atoms with E-state index in [0.29, 0.717) is 17.8 Å². The molecule has 0 bridgehead atoms. The van der Waals surface area contributed by atoms with Crippen LogP contribution in [0, 0.1) is 5.92 Å². The number of hydrogen-bond acceptors (Lipinski definition) is 6. The minimum absolute atomic E-state index is 0.285. The summed E-state index contributed by atoms with van der Waals surface area (Å²) in [6.45, 7) is 4.23. The molecular weight excluding hydrogens is 204 g/mol. The lowest BCUT2D eigenvalue weighted by atomic mass is 10.2. The summed E-state index contributed by atoms with van der Waals surface area (Å²) >= 11 is 0. The van der Waals surface area contributed by atoms with Crippen molar-refractivity contribution in [3.05, 3.63) is 0 Å². The van der Waals surface area contributed by atoms with Crippen molar-refractivity contribution in [2.24, 2.45) is 5.92 Å². The van der Waals surface area contributed by atoms with Crippen molar-refractivity contribution in [2.75, 3.05) is 42.7 Å². The van der Waals surface area contributed by atoms with Gasteiger partial charge in [-0.15, -0.1) is 0 Å². The second-order valence-corrected chi connectivity index (χ2v) is 4.53. The molecule has 1 aromatic rings. The Hall–Kier alpha value is -1.59. The molecule has 1 fully saturated rings. The Morgan fingerprint density at radius 2 is 2.06 bits per heavy atom. The summed E-state index contributed by atoms with van der Waals surface area (Å²) in [5, 5.41) is 0. The monoisotopic (exact) mass is 222 g/mol. The fourth-order valence-corrected chi connectivity index (χ4v) is 1.83. The van der Waals surface area contributed by atoms with E-state index < -0.39 is 0 Å². The number of nitrogens with zero attached hydrogens (tertiary/aromatic N) is 5. The zero-order valence-corrected chi connectivity index (χ0v) is 10.0. The van der Waals surface area contributed by atoms with Gasteiger partial charge in [-0.1, -0.05) is 6.92 Å². The van der Waals surface area contributed by atoms with Crippen LogP contribution in [-0.4, -0.2) is 42.1 Å². The molecule has 2 N–H and O–H groups in total. The van der Waals surface area contributed by atoms with Crippen LogP contribution in [0.3, 0.4) is 0 Å². The van der Waals surface area contributed by atoms with E-state index in [2.05, 4.69) is 26.8 Å². The summed E-state index contributed by atoms with van der Waals surface area (Å²) in [5.41, 5.74) is 5.68. The second-order valence-electron chi connectivity index (χ2n) is 4.53. The maximum atomic E-state index is 5.68. The molecule has 1 aliphatic rings. The standard InChI is InChI=1S/C10H18N6/c1-7-4-5-16(6-7)10-13-8(11)12-9(14-10)15(2)3/h7H,4-6H2,1-3H3,(H2,11,12,13,14). The van der Waals surface area contributed by atoms with Crippen LogP contribution in [0.15, 0.2) is 0 Å². The normalized spacial score (nSPS) is 20.2. The fourth-order valence-electron chi connectivity index (χ4n) is 1.83. The van der Waals surface area contributed by atoms with Crippen LogP contribution < -0.4 is 15.5 Å². The van der Waals surface area contributed by atoms with Gasteiger partial charge >= 0.3 is 0 Å². The van der Waals surface area contributed by atoms with Crippen LogP contribution in [0.25, 0.3) is 0 Å². The highest BCUT2D eigenvalue weighted by atomic mass is 15.3. The lowest BCUT2D eigenvalue weighted by Crippen LogP contribution is -2.24. The minimum Gasteiger partial charge on any atom is -0.368 e. The molecule has 1 unspecified atom stereocenters. The van der Waals surface area contributed by atoms with E-state index in [0.717, 1.165) is 13.1 Å². The fraction of sp³-hybridized carbons (Fsp3) is 0.700. The van der Waals surface area contributed by atoms with Crippen molar-refractivity contribution in [2.45, 2.75) is 13.3 Å². The summed E-state index contributed by atoms with van der Waals surface area (Å²) in [6.07, 6.45) is 1.18. The Bertz CT molecular complexity index is 378. The van der Waals surface area contributed by atoms with Crippen molar-refractivity contribution in [1.82, 2.24) is 15.0 Å². The molecule has 0 aromatic carbocycles. The van der Waals surface area contributed by atoms with Gasteiger partial charge in [0.15, 0.2) is 0 Å². The number of aromatic nitrogens is 3. The second kappa shape index (κ2) is 4.11. The van der Waals surface area contributed by atoms with Gasteiger partial charge in [0.25, 0.3) is 0 Å². The number of rotatable bonds is 2. The SMILES string of the molecule is CC1CCN(c2nc(N)nc(N(C)C)n2)C1. The van der Waals surface area contributed by atoms with Crippen molar-refractivity contribution in [3.8, 4) is 0 Å². The molecule has 6 heteroatoms. The molecule has 0 aliphatic carbocycles. The summed E-state index contributed by atoms with van der Waals surface area (Å²) in [5.74, 6) is 2.29. The predicted molar refractivity (Wildman–Crippen MR) is 64.6 cm³/mol. The third-order valence-corrected chi connectivity index (χ3v) is 2.74. The summed E-state index contributed by atoms with van der Waals surface area (Å²) in [6, 6.07) is 0. The number of nitrogen functional groups attached to an aromatic ring is 1. The molecule has 0 amide bonds. The van der Waals surface area contributed by atoms with E-state index in [9.17, 15) is 0 Å². The highest BCUT2D eigenvalue weighted by Gasteiger charge is 2.22. The molecule has 0 radical (unpaired) electrons. The number of nitrogens with two attached hydrogens (primary N) is 1. The van der Waals surface area contributed by atoms with Crippen LogP contribution >= 0.6 is 0 Å². The van der Waals surface area contributed by atoms with Crippen LogP contribution in [0.4, 0.5) is 17.8 Å². The zero-order valence-electron chi connectivity index (χ0n) is 10.0. The third kappa shape index (κ3) is 2.15. The molecule has 1 aromatic heterocycles. The quantitative estimate of drug-likeness (QED) is 0.779. The van der Waals surface area contributed by atoms with E-state index in [4.69, 9.17) is 5.73 Å². The van der Waals surface area contributed by atoms with E-state index in [1.165, 1.54) is 6.42 Å². The first-order valence-corrected chi connectivity index (χ1v) is 5.50. The van der Waals surface area contributed by atoms with Gasteiger partial charge in [-0.05, 0) is 12.3 Å². The van der Waals surface area contributed by atoms with Crippen LogP contribution in [0.1, 0.15) is 13.3 Å². The molecule has 6 nitrogen and oxygen atoms in total. The Morgan fingerprint density at radius 1 is 1.31 bits per heavy atom. The Labute approximate surface area is 95.5 Å². The predicted octanol–water partition coefficient (Wildman–Crippen LogP) is 0.366. The molecule has 16 heavy (non-hydrogen) atoms. The molecule has 0 spiro atoms.